The summed E-state index contributed by atoms with van der Waals surface area (Å²) in [5.41, 5.74) is 0.915. The van der Waals surface area contributed by atoms with Gasteiger partial charge in [0.25, 0.3) is 5.91 Å². The Morgan fingerprint density at radius 1 is 1.19 bits per heavy atom. The number of rotatable bonds is 3. The molecule has 0 spiro atoms. The first kappa shape index (κ1) is 15.2. The van der Waals surface area contributed by atoms with Crippen LogP contribution in [0.4, 0.5) is 10.1 Å². The molecule has 0 heterocycles. The third-order valence-corrected chi connectivity index (χ3v) is 3.40. The fourth-order valence-corrected chi connectivity index (χ4v) is 2.14. The minimum Gasteiger partial charge on any atom is -0.478 e. The zero-order valence-corrected chi connectivity index (χ0v) is 12.6. The van der Waals surface area contributed by atoms with Gasteiger partial charge in [0, 0.05) is 10.0 Å². The van der Waals surface area contributed by atoms with Gasteiger partial charge in [0.2, 0.25) is 0 Å². The Morgan fingerprint density at radius 2 is 1.90 bits per heavy atom. The van der Waals surface area contributed by atoms with Gasteiger partial charge in [-0.25, -0.2) is 9.18 Å². The Kier molecular flexibility index (Phi) is 4.37. The molecule has 2 rings (SSSR count). The highest BCUT2D eigenvalue weighted by Crippen LogP contribution is 2.20. The van der Waals surface area contributed by atoms with Crippen molar-refractivity contribution >= 4 is 33.5 Å². The molecular formula is C15H11BrFNO3. The molecule has 0 aliphatic heterocycles. The highest BCUT2D eigenvalue weighted by atomic mass is 79.9. The van der Waals surface area contributed by atoms with Crippen molar-refractivity contribution < 1.29 is 19.1 Å². The van der Waals surface area contributed by atoms with Crippen molar-refractivity contribution in [3.63, 3.8) is 0 Å². The van der Waals surface area contributed by atoms with E-state index in [4.69, 9.17) is 5.11 Å². The number of carbonyl (C=O) groups is 2. The summed E-state index contributed by atoms with van der Waals surface area (Å²) in [7, 11) is 0. The molecule has 2 N–H and O–H groups in total. The summed E-state index contributed by atoms with van der Waals surface area (Å²) in [5.74, 6) is -2.48. The van der Waals surface area contributed by atoms with Gasteiger partial charge in [-0.2, -0.15) is 0 Å². The lowest BCUT2D eigenvalue weighted by molar-refractivity contribution is 0.0696. The second-order valence-corrected chi connectivity index (χ2v) is 5.33. The fourth-order valence-electron chi connectivity index (χ4n) is 1.78. The number of benzene rings is 2. The van der Waals surface area contributed by atoms with E-state index in [2.05, 4.69) is 21.2 Å². The summed E-state index contributed by atoms with van der Waals surface area (Å²) in [6.45, 7) is 1.77. The second-order valence-electron chi connectivity index (χ2n) is 4.41. The number of hydrogen-bond acceptors (Lipinski definition) is 2. The van der Waals surface area contributed by atoms with E-state index in [9.17, 15) is 14.0 Å². The first-order valence-corrected chi connectivity index (χ1v) is 6.78. The van der Waals surface area contributed by atoms with Gasteiger partial charge in [-0.05, 0) is 42.8 Å². The lowest BCUT2D eigenvalue weighted by Gasteiger charge is -2.09. The van der Waals surface area contributed by atoms with Crippen LogP contribution in [0.2, 0.25) is 0 Å². The highest BCUT2D eigenvalue weighted by molar-refractivity contribution is 9.10. The van der Waals surface area contributed by atoms with Gasteiger partial charge in [-0.1, -0.05) is 22.0 Å². The van der Waals surface area contributed by atoms with Crippen molar-refractivity contribution in [2.24, 2.45) is 0 Å². The average Bonchev–Trinajstić information content (AvgIpc) is 2.43. The molecule has 0 saturated carbocycles. The van der Waals surface area contributed by atoms with Gasteiger partial charge in [0.05, 0.1) is 11.3 Å². The molecule has 0 atom stereocenters. The van der Waals surface area contributed by atoms with Gasteiger partial charge in [-0.3, -0.25) is 4.79 Å². The molecule has 1 amide bonds. The van der Waals surface area contributed by atoms with Gasteiger partial charge in [0.1, 0.15) is 5.82 Å². The van der Waals surface area contributed by atoms with Crippen LogP contribution < -0.4 is 5.32 Å². The molecule has 0 radical (unpaired) electrons. The Labute approximate surface area is 128 Å². The van der Waals surface area contributed by atoms with E-state index in [1.807, 2.05) is 0 Å². The highest BCUT2D eigenvalue weighted by Gasteiger charge is 2.14. The van der Waals surface area contributed by atoms with Crippen LogP contribution in [0, 0.1) is 12.7 Å². The number of nitrogens with one attached hydrogen (secondary N) is 1. The summed E-state index contributed by atoms with van der Waals surface area (Å²) in [6.07, 6.45) is 0. The molecule has 0 bridgehead atoms. The molecule has 0 aliphatic carbocycles. The summed E-state index contributed by atoms with van der Waals surface area (Å²) < 4.78 is 14.5. The molecule has 6 heteroatoms. The normalized spacial score (nSPS) is 10.2. The first-order chi connectivity index (χ1) is 9.88. The fraction of sp³-hybridized carbons (Fsp3) is 0.0667. The van der Waals surface area contributed by atoms with Crippen molar-refractivity contribution in [1.29, 1.82) is 0 Å². The van der Waals surface area contributed by atoms with Crippen LogP contribution in [0.1, 0.15) is 26.3 Å². The van der Waals surface area contributed by atoms with Crippen molar-refractivity contribution in [2.45, 2.75) is 6.92 Å². The zero-order chi connectivity index (χ0) is 15.6. The topological polar surface area (TPSA) is 66.4 Å². The largest absolute Gasteiger partial charge is 0.478 e. The van der Waals surface area contributed by atoms with Crippen LogP contribution in [0.25, 0.3) is 0 Å². The van der Waals surface area contributed by atoms with Crippen molar-refractivity contribution in [3.8, 4) is 0 Å². The molecule has 2 aromatic carbocycles. The van der Waals surface area contributed by atoms with E-state index in [1.165, 1.54) is 12.1 Å². The summed E-state index contributed by atoms with van der Waals surface area (Å²) in [6, 6.07) is 8.52. The van der Waals surface area contributed by atoms with Gasteiger partial charge >= 0.3 is 5.97 Å². The molecule has 0 unspecified atom stereocenters. The zero-order valence-electron chi connectivity index (χ0n) is 11.0. The van der Waals surface area contributed by atoms with Crippen molar-refractivity contribution in [1.82, 2.24) is 0 Å². The van der Waals surface area contributed by atoms with Crippen LogP contribution in [0.5, 0.6) is 0 Å². The minimum absolute atomic E-state index is 0.0654. The second kappa shape index (κ2) is 6.05. The molecule has 2 aromatic rings. The Morgan fingerprint density at radius 3 is 2.52 bits per heavy atom. The monoisotopic (exact) mass is 351 g/mol. The molecule has 4 nitrogen and oxygen atoms in total. The Hall–Kier alpha value is -2.21. The van der Waals surface area contributed by atoms with Crippen LogP contribution in [-0.4, -0.2) is 17.0 Å². The van der Waals surface area contributed by atoms with Gasteiger partial charge in [-0.15, -0.1) is 0 Å². The van der Waals surface area contributed by atoms with E-state index in [0.717, 1.165) is 16.1 Å². The minimum atomic E-state index is -1.23. The van der Waals surface area contributed by atoms with Crippen LogP contribution in [-0.2, 0) is 0 Å². The molecule has 108 valence electrons. The average molecular weight is 352 g/mol. The third kappa shape index (κ3) is 3.46. The Bertz CT molecular complexity index is 731. The van der Waals surface area contributed by atoms with E-state index in [1.54, 1.807) is 25.1 Å². The number of hydrogen-bond donors (Lipinski definition) is 2. The molecule has 21 heavy (non-hydrogen) atoms. The maximum atomic E-state index is 13.8. The van der Waals surface area contributed by atoms with E-state index in [-0.39, 0.29) is 11.3 Å². The maximum absolute atomic E-state index is 13.8. The molecule has 0 aromatic heterocycles. The molecule has 0 aliphatic rings. The standard InChI is InChI=1S/C15H11BrFNO3/c1-8-2-4-10(16)7-11(8)14(19)18-13-5-3-9(15(20)21)6-12(13)17/h2-7H,1H3,(H,18,19)(H,20,21). The van der Waals surface area contributed by atoms with Crippen LogP contribution >= 0.6 is 15.9 Å². The predicted molar refractivity (Wildman–Crippen MR) is 80.2 cm³/mol. The maximum Gasteiger partial charge on any atom is 0.335 e. The van der Waals surface area contributed by atoms with E-state index in [0.29, 0.717) is 5.56 Å². The number of aromatic carboxylic acids is 1. The summed E-state index contributed by atoms with van der Waals surface area (Å²) in [4.78, 5) is 22.9. The van der Waals surface area contributed by atoms with Crippen LogP contribution in [0.15, 0.2) is 40.9 Å². The van der Waals surface area contributed by atoms with E-state index < -0.39 is 17.7 Å². The summed E-state index contributed by atoms with van der Waals surface area (Å²) >= 11 is 3.27. The molecule has 0 saturated heterocycles. The van der Waals surface area contributed by atoms with Crippen molar-refractivity contribution in [2.75, 3.05) is 5.32 Å². The van der Waals surface area contributed by atoms with Crippen molar-refractivity contribution in [3.05, 3.63) is 63.4 Å². The first-order valence-electron chi connectivity index (χ1n) is 5.99. The smallest absolute Gasteiger partial charge is 0.335 e. The lowest BCUT2D eigenvalue weighted by Crippen LogP contribution is -2.14. The number of carboxylic acids is 1. The van der Waals surface area contributed by atoms with Gasteiger partial charge in [0.15, 0.2) is 0 Å². The van der Waals surface area contributed by atoms with Gasteiger partial charge < -0.3 is 10.4 Å². The number of halogens is 2. The SMILES string of the molecule is Cc1ccc(Br)cc1C(=O)Nc1ccc(C(=O)O)cc1F. The summed E-state index contributed by atoms with van der Waals surface area (Å²) in [5, 5.41) is 11.2. The van der Waals surface area contributed by atoms with Crippen LogP contribution in [0.3, 0.4) is 0 Å². The quantitative estimate of drug-likeness (QED) is 0.882. The van der Waals surface area contributed by atoms with E-state index >= 15 is 0 Å². The number of anilines is 1. The Balaban J connectivity index is 2.27. The number of carbonyl (C=O) groups excluding carboxylic acids is 1. The third-order valence-electron chi connectivity index (χ3n) is 2.91. The molecule has 0 fully saturated rings. The predicted octanol–water partition coefficient (Wildman–Crippen LogP) is 3.85. The number of aryl methyl sites for hydroxylation is 1. The molecular weight excluding hydrogens is 341 g/mol. The number of carboxylic acid groups (broad SMARTS) is 1. The number of amides is 1. The lowest BCUT2D eigenvalue weighted by atomic mass is 10.1.